The predicted molar refractivity (Wildman–Crippen MR) is 60.3 cm³/mol. The van der Waals surface area contributed by atoms with Crippen LogP contribution in [-0.2, 0) is 0 Å². The Morgan fingerprint density at radius 3 is 2.36 bits per heavy atom. The first-order valence-electron chi connectivity index (χ1n) is 5.96. The summed E-state index contributed by atoms with van der Waals surface area (Å²) in [6, 6.07) is 0. The maximum absolute atomic E-state index is 9.35. The monoisotopic (exact) mass is 199 g/mol. The molecule has 14 heavy (non-hydrogen) atoms. The third kappa shape index (κ3) is 3.58. The zero-order valence-corrected chi connectivity index (χ0v) is 9.92. The highest BCUT2D eigenvalue weighted by molar-refractivity contribution is 4.81. The largest absolute Gasteiger partial charge is 0.396 e. The molecule has 2 heteroatoms. The van der Waals surface area contributed by atoms with E-state index in [1.807, 2.05) is 0 Å². The van der Waals surface area contributed by atoms with Gasteiger partial charge in [-0.3, -0.25) is 0 Å². The van der Waals surface area contributed by atoms with Gasteiger partial charge < -0.3 is 10.0 Å². The van der Waals surface area contributed by atoms with Gasteiger partial charge in [-0.15, -0.1) is 0 Å². The molecule has 0 spiro atoms. The van der Waals surface area contributed by atoms with E-state index in [0.717, 1.165) is 25.4 Å². The van der Waals surface area contributed by atoms with Crippen LogP contribution < -0.4 is 0 Å². The first kappa shape index (κ1) is 12.0. The summed E-state index contributed by atoms with van der Waals surface area (Å²) in [6.07, 6.45) is 3.89. The summed E-state index contributed by atoms with van der Waals surface area (Å²) in [5.41, 5.74) is 0.102. The lowest BCUT2D eigenvalue weighted by atomic mass is 9.88. The molecule has 0 amide bonds. The quantitative estimate of drug-likeness (QED) is 0.679. The van der Waals surface area contributed by atoms with Gasteiger partial charge in [0, 0.05) is 25.1 Å². The van der Waals surface area contributed by atoms with Crippen LogP contribution in [-0.4, -0.2) is 36.2 Å². The van der Waals surface area contributed by atoms with Crippen molar-refractivity contribution in [3.05, 3.63) is 0 Å². The van der Waals surface area contributed by atoms with Gasteiger partial charge in [0.15, 0.2) is 0 Å². The van der Waals surface area contributed by atoms with Crippen LogP contribution in [0.15, 0.2) is 0 Å². The fourth-order valence-corrected chi connectivity index (χ4v) is 1.78. The van der Waals surface area contributed by atoms with E-state index < -0.39 is 0 Å². The Bertz CT molecular complexity index is 162. The zero-order chi connectivity index (χ0) is 10.6. The summed E-state index contributed by atoms with van der Waals surface area (Å²) >= 11 is 0. The fourth-order valence-electron chi connectivity index (χ4n) is 1.78. The summed E-state index contributed by atoms with van der Waals surface area (Å²) in [7, 11) is 0. The molecule has 1 aliphatic carbocycles. The van der Waals surface area contributed by atoms with E-state index in [-0.39, 0.29) is 5.41 Å². The van der Waals surface area contributed by atoms with E-state index in [0.29, 0.717) is 6.61 Å². The highest BCUT2D eigenvalue weighted by atomic mass is 16.3. The molecular formula is C12H25NO. The van der Waals surface area contributed by atoms with Gasteiger partial charge in [0.1, 0.15) is 0 Å². The second-order valence-electron chi connectivity index (χ2n) is 5.09. The van der Waals surface area contributed by atoms with Crippen LogP contribution >= 0.6 is 0 Å². The minimum atomic E-state index is 0.102. The molecule has 0 heterocycles. The lowest BCUT2D eigenvalue weighted by Gasteiger charge is -2.33. The number of hydrogen-bond acceptors (Lipinski definition) is 2. The van der Waals surface area contributed by atoms with Crippen molar-refractivity contribution >= 4 is 0 Å². The van der Waals surface area contributed by atoms with E-state index in [4.69, 9.17) is 0 Å². The molecule has 1 unspecified atom stereocenters. The molecule has 0 radical (unpaired) electrons. The van der Waals surface area contributed by atoms with Crippen LogP contribution in [0, 0.1) is 11.3 Å². The molecular weight excluding hydrogens is 174 g/mol. The van der Waals surface area contributed by atoms with E-state index in [1.165, 1.54) is 19.4 Å². The topological polar surface area (TPSA) is 23.5 Å². The molecule has 1 rings (SSSR count). The fraction of sp³-hybridized carbons (Fsp3) is 1.00. The molecule has 0 aromatic rings. The van der Waals surface area contributed by atoms with Crippen LogP contribution in [0.5, 0.6) is 0 Å². The molecule has 1 saturated carbocycles. The standard InChI is InChI=1S/C12H25NO/c1-4-12(3,10-14)9-13(5-2)8-11-6-7-11/h11,14H,4-10H2,1-3H3. The molecule has 2 nitrogen and oxygen atoms in total. The maximum Gasteiger partial charge on any atom is 0.0496 e. The molecule has 1 atom stereocenters. The van der Waals surface area contributed by atoms with Crippen LogP contribution in [0.2, 0.25) is 0 Å². The second kappa shape index (κ2) is 5.13. The molecule has 84 valence electrons. The zero-order valence-electron chi connectivity index (χ0n) is 9.92. The van der Waals surface area contributed by atoms with Gasteiger partial charge in [-0.25, -0.2) is 0 Å². The number of hydrogen-bond donors (Lipinski definition) is 1. The van der Waals surface area contributed by atoms with Crippen LogP contribution in [0.25, 0.3) is 0 Å². The molecule has 0 aliphatic heterocycles. The average Bonchev–Trinajstić information content (AvgIpc) is 3.00. The average molecular weight is 199 g/mol. The van der Waals surface area contributed by atoms with Gasteiger partial charge >= 0.3 is 0 Å². The van der Waals surface area contributed by atoms with Gasteiger partial charge in [-0.1, -0.05) is 20.8 Å². The molecule has 0 aromatic heterocycles. The molecule has 1 N–H and O–H groups in total. The maximum atomic E-state index is 9.35. The van der Waals surface area contributed by atoms with E-state index >= 15 is 0 Å². The van der Waals surface area contributed by atoms with Crippen molar-refractivity contribution in [2.75, 3.05) is 26.2 Å². The van der Waals surface area contributed by atoms with Crippen molar-refractivity contribution in [2.45, 2.75) is 40.0 Å². The lowest BCUT2D eigenvalue weighted by molar-refractivity contribution is 0.0848. The Kier molecular flexibility index (Phi) is 4.39. The number of nitrogens with zero attached hydrogens (tertiary/aromatic N) is 1. The number of rotatable bonds is 7. The first-order chi connectivity index (χ1) is 6.63. The Morgan fingerprint density at radius 2 is 2.00 bits per heavy atom. The molecule has 1 aliphatic rings. The Labute approximate surface area is 88.3 Å². The molecule has 0 bridgehead atoms. The highest BCUT2D eigenvalue weighted by Crippen LogP contribution is 2.31. The lowest BCUT2D eigenvalue weighted by Crippen LogP contribution is -2.39. The Balaban J connectivity index is 2.35. The van der Waals surface area contributed by atoms with Crippen LogP contribution in [0.4, 0.5) is 0 Å². The van der Waals surface area contributed by atoms with Gasteiger partial charge in [0.25, 0.3) is 0 Å². The van der Waals surface area contributed by atoms with Gasteiger partial charge in [-0.05, 0) is 31.7 Å². The van der Waals surface area contributed by atoms with Crippen molar-refractivity contribution in [3.63, 3.8) is 0 Å². The third-order valence-corrected chi connectivity index (χ3v) is 3.50. The molecule has 0 aromatic carbocycles. The van der Waals surface area contributed by atoms with E-state index in [1.54, 1.807) is 0 Å². The van der Waals surface area contributed by atoms with Gasteiger partial charge in [-0.2, -0.15) is 0 Å². The van der Waals surface area contributed by atoms with Gasteiger partial charge in [0.2, 0.25) is 0 Å². The minimum Gasteiger partial charge on any atom is -0.396 e. The van der Waals surface area contributed by atoms with Crippen molar-refractivity contribution < 1.29 is 5.11 Å². The highest BCUT2D eigenvalue weighted by Gasteiger charge is 2.28. The summed E-state index contributed by atoms with van der Waals surface area (Å²) < 4.78 is 0. The molecule has 1 fully saturated rings. The van der Waals surface area contributed by atoms with E-state index in [2.05, 4.69) is 25.7 Å². The second-order valence-corrected chi connectivity index (χ2v) is 5.09. The van der Waals surface area contributed by atoms with Crippen molar-refractivity contribution in [3.8, 4) is 0 Å². The summed E-state index contributed by atoms with van der Waals surface area (Å²) in [5, 5.41) is 9.35. The van der Waals surface area contributed by atoms with Crippen molar-refractivity contribution in [1.82, 2.24) is 4.90 Å². The summed E-state index contributed by atoms with van der Waals surface area (Å²) in [5.74, 6) is 0.953. The predicted octanol–water partition coefficient (Wildman–Crippen LogP) is 2.13. The summed E-state index contributed by atoms with van der Waals surface area (Å²) in [4.78, 5) is 2.50. The number of aliphatic hydroxyl groups excluding tert-OH is 1. The van der Waals surface area contributed by atoms with Crippen molar-refractivity contribution in [2.24, 2.45) is 11.3 Å². The molecule has 0 saturated heterocycles. The number of aliphatic hydroxyl groups is 1. The smallest absolute Gasteiger partial charge is 0.0496 e. The van der Waals surface area contributed by atoms with Crippen molar-refractivity contribution in [1.29, 1.82) is 0 Å². The van der Waals surface area contributed by atoms with Crippen LogP contribution in [0.1, 0.15) is 40.0 Å². The van der Waals surface area contributed by atoms with Gasteiger partial charge in [0.05, 0.1) is 0 Å². The third-order valence-electron chi connectivity index (χ3n) is 3.50. The first-order valence-corrected chi connectivity index (χ1v) is 5.96. The normalized spacial score (nSPS) is 21.2. The van der Waals surface area contributed by atoms with E-state index in [9.17, 15) is 5.11 Å². The minimum absolute atomic E-state index is 0.102. The Hall–Kier alpha value is -0.0800. The SMILES string of the molecule is CCN(CC1CC1)CC(C)(CC)CO. The Morgan fingerprint density at radius 1 is 1.36 bits per heavy atom. The summed E-state index contributed by atoms with van der Waals surface area (Å²) in [6.45, 7) is 10.3. The van der Waals surface area contributed by atoms with Crippen LogP contribution in [0.3, 0.4) is 0 Å².